The van der Waals surface area contributed by atoms with E-state index in [4.69, 9.17) is 14.2 Å². The van der Waals surface area contributed by atoms with Gasteiger partial charge in [0, 0.05) is 17.2 Å². The fourth-order valence-corrected chi connectivity index (χ4v) is 6.40. The fraction of sp³-hybridized carbons (Fsp3) is 0.526. The van der Waals surface area contributed by atoms with Crippen LogP contribution in [0.4, 0.5) is 0 Å². The maximum atomic E-state index is 11.3. The quantitative estimate of drug-likeness (QED) is 0.151. The predicted molar refractivity (Wildman–Crippen MR) is 182 cm³/mol. The van der Waals surface area contributed by atoms with Crippen molar-refractivity contribution in [1.82, 2.24) is 15.3 Å². The number of benzene rings is 2. The number of phenols is 1. The molecule has 2 aromatic rings. The number of hydrogen-bond donors (Lipinski definition) is 3. The van der Waals surface area contributed by atoms with Crippen molar-refractivity contribution in [2.45, 2.75) is 97.5 Å². The van der Waals surface area contributed by atoms with E-state index in [1.807, 2.05) is 48.6 Å². The number of hydrazine groups is 1. The first kappa shape index (κ1) is 33.7. The minimum absolute atomic E-state index is 0.173. The number of hydrogen-bond acceptors (Lipinski definition) is 8. The van der Waals surface area contributed by atoms with Crippen LogP contribution in [-0.4, -0.2) is 46.7 Å². The van der Waals surface area contributed by atoms with Crippen molar-refractivity contribution in [2.24, 2.45) is 11.8 Å². The zero-order chi connectivity index (χ0) is 32.6. The van der Waals surface area contributed by atoms with Crippen LogP contribution in [0, 0.1) is 11.8 Å². The summed E-state index contributed by atoms with van der Waals surface area (Å²) in [6, 6.07) is 13.6. The molecule has 2 heterocycles. The summed E-state index contributed by atoms with van der Waals surface area (Å²) < 4.78 is 17.6. The van der Waals surface area contributed by atoms with Crippen LogP contribution in [0.5, 0.6) is 17.2 Å². The average molecular weight is 632 g/mol. The number of allylic oxidation sites excluding steroid dienone is 1. The van der Waals surface area contributed by atoms with Crippen molar-refractivity contribution >= 4 is 0 Å². The van der Waals surface area contributed by atoms with Gasteiger partial charge in [-0.15, -0.1) is 0 Å². The van der Waals surface area contributed by atoms with E-state index in [1.54, 1.807) is 19.3 Å². The van der Waals surface area contributed by atoms with E-state index in [1.165, 1.54) is 25.7 Å². The van der Waals surface area contributed by atoms with Crippen LogP contribution in [0.1, 0.15) is 103 Å². The van der Waals surface area contributed by atoms with E-state index in [2.05, 4.69) is 43.0 Å². The lowest BCUT2D eigenvalue weighted by Gasteiger charge is -2.22. The number of methoxy groups -OCH3 is 1. The Morgan fingerprint density at radius 3 is 2.02 bits per heavy atom. The van der Waals surface area contributed by atoms with Crippen molar-refractivity contribution in [3.8, 4) is 17.2 Å². The van der Waals surface area contributed by atoms with E-state index >= 15 is 0 Å². The first-order valence-corrected chi connectivity index (χ1v) is 17.3. The Morgan fingerprint density at radius 2 is 1.43 bits per heavy atom. The lowest BCUT2D eigenvalue weighted by molar-refractivity contribution is 0.157. The van der Waals surface area contributed by atoms with Crippen LogP contribution in [0.15, 0.2) is 77.8 Å². The topological polar surface area (TPSA) is 86.2 Å². The maximum absolute atomic E-state index is 11.3. The number of aliphatic hydroxyl groups is 1. The van der Waals surface area contributed by atoms with Crippen molar-refractivity contribution in [2.75, 3.05) is 20.3 Å². The molecule has 0 spiro atoms. The van der Waals surface area contributed by atoms with E-state index in [0.717, 1.165) is 54.0 Å². The SMILES string of the molecule is CCCCC(CC)COC1=CC(O)/C(=C2\N3C(c4ccc(OC)cc4)NC(c4ccc(OCC(CC)CCCC)cc4O)N23)C=C1. The van der Waals surface area contributed by atoms with Gasteiger partial charge in [-0.05, 0) is 72.7 Å². The van der Waals surface area contributed by atoms with E-state index < -0.39 is 6.10 Å². The minimum atomic E-state index is -0.808. The largest absolute Gasteiger partial charge is 0.507 e. The number of nitrogens with one attached hydrogen (secondary N) is 1. The normalized spacial score (nSPS) is 23.2. The summed E-state index contributed by atoms with van der Waals surface area (Å²) in [7, 11) is 1.66. The molecule has 5 atom stereocenters. The van der Waals surface area contributed by atoms with Crippen LogP contribution in [0.3, 0.4) is 0 Å². The maximum Gasteiger partial charge on any atom is 0.152 e. The number of fused-ring (bicyclic) bond motifs is 1. The van der Waals surface area contributed by atoms with Crippen LogP contribution in [-0.2, 0) is 4.74 Å². The van der Waals surface area contributed by atoms with Crippen molar-refractivity contribution in [1.29, 1.82) is 0 Å². The molecule has 8 nitrogen and oxygen atoms in total. The van der Waals surface area contributed by atoms with Crippen molar-refractivity contribution in [3.63, 3.8) is 0 Å². The number of ether oxygens (including phenoxy) is 3. The zero-order valence-corrected chi connectivity index (χ0v) is 28.2. The number of aromatic hydroxyl groups is 1. The number of aliphatic hydroxyl groups excluding tert-OH is 1. The molecule has 0 amide bonds. The molecule has 2 aliphatic heterocycles. The van der Waals surface area contributed by atoms with Gasteiger partial charge in [0.05, 0.1) is 20.3 Å². The molecule has 46 heavy (non-hydrogen) atoms. The van der Waals surface area contributed by atoms with E-state index in [9.17, 15) is 10.2 Å². The van der Waals surface area contributed by atoms with Crippen LogP contribution >= 0.6 is 0 Å². The smallest absolute Gasteiger partial charge is 0.152 e. The molecule has 1 aliphatic carbocycles. The standard InChI is InChI=1S/C38H53N3O5/c1-6-10-12-26(8-3)24-45-30-18-20-32(34(42)22-30)37-39-36(28-14-16-29(44-5)17-15-28)40-38(41(37)40)33-21-19-31(23-35(33)43)46-25-27(9-4)13-11-7-2/h14-23,26-27,35-37,39,42-43H,6-13,24-25H2,1-5H3/b38-33+. The van der Waals surface area contributed by atoms with Gasteiger partial charge in [0.25, 0.3) is 0 Å². The number of phenolic OH excluding ortho intramolecular Hbond substituents is 1. The zero-order valence-electron chi connectivity index (χ0n) is 28.2. The van der Waals surface area contributed by atoms with Gasteiger partial charge < -0.3 is 24.4 Å². The Bertz CT molecular complexity index is 1390. The predicted octanol–water partition coefficient (Wildman–Crippen LogP) is 8.09. The molecule has 3 aliphatic rings. The molecule has 2 saturated heterocycles. The lowest BCUT2D eigenvalue weighted by atomic mass is 10.00. The lowest BCUT2D eigenvalue weighted by Crippen LogP contribution is -2.27. The summed E-state index contributed by atoms with van der Waals surface area (Å²) in [4.78, 5) is 0. The first-order valence-electron chi connectivity index (χ1n) is 17.3. The Hall–Kier alpha value is -3.62. The van der Waals surface area contributed by atoms with Gasteiger partial charge in [0.1, 0.15) is 41.4 Å². The molecule has 2 aromatic carbocycles. The van der Waals surface area contributed by atoms with Gasteiger partial charge in [-0.25, -0.2) is 10.0 Å². The monoisotopic (exact) mass is 631 g/mol. The van der Waals surface area contributed by atoms with Crippen molar-refractivity contribution in [3.05, 3.63) is 89.0 Å². The van der Waals surface area contributed by atoms with Crippen molar-refractivity contribution < 1.29 is 24.4 Å². The van der Waals surface area contributed by atoms with Crippen LogP contribution in [0.2, 0.25) is 0 Å². The van der Waals surface area contributed by atoms with E-state index in [0.29, 0.717) is 36.6 Å². The van der Waals surface area contributed by atoms with Gasteiger partial charge >= 0.3 is 0 Å². The molecule has 0 saturated carbocycles. The van der Waals surface area contributed by atoms with Gasteiger partial charge in [-0.2, -0.15) is 0 Å². The molecule has 250 valence electrons. The molecule has 0 aromatic heterocycles. The third-order valence-corrected chi connectivity index (χ3v) is 9.54. The highest BCUT2D eigenvalue weighted by Crippen LogP contribution is 2.55. The summed E-state index contributed by atoms with van der Waals surface area (Å²) in [6.45, 7) is 10.1. The third-order valence-electron chi connectivity index (χ3n) is 9.54. The molecule has 5 rings (SSSR count). The summed E-state index contributed by atoms with van der Waals surface area (Å²) in [5, 5.41) is 30.5. The Balaban J connectivity index is 1.35. The Kier molecular flexibility index (Phi) is 11.6. The highest BCUT2D eigenvalue weighted by molar-refractivity contribution is 5.48. The number of nitrogens with zero attached hydrogens (tertiary/aromatic N) is 2. The number of unbranched alkanes of at least 4 members (excludes halogenated alkanes) is 2. The number of rotatable bonds is 17. The second-order valence-corrected chi connectivity index (χ2v) is 12.7. The fourth-order valence-electron chi connectivity index (χ4n) is 6.40. The third kappa shape index (κ3) is 7.67. The second kappa shape index (κ2) is 15.8. The Morgan fingerprint density at radius 1 is 0.804 bits per heavy atom. The average Bonchev–Trinajstić information content (AvgIpc) is 3.67. The first-order chi connectivity index (χ1) is 22.4. The molecular formula is C38H53N3O5. The molecule has 3 N–H and O–H groups in total. The van der Waals surface area contributed by atoms with Gasteiger partial charge in [0.15, 0.2) is 5.82 Å². The Labute approximate surface area is 275 Å². The molecule has 0 radical (unpaired) electrons. The van der Waals surface area contributed by atoms with Gasteiger partial charge in [-0.1, -0.05) is 78.4 Å². The summed E-state index contributed by atoms with van der Waals surface area (Å²) in [5.41, 5.74) is 2.59. The van der Waals surface area contributed by atoms with Gasteiger partial charge in [0.2, 0.25) is 0 Å². The molecular weight excluding hydrogens is 578 g/mol. The van der Waals surface area contributed by atoms with Crippen LogP contribution < -0.4 is 14.8 Å². The second-order valence-electron chi connectivity index (χ2n) is 12.7. The van der Waals surface area contributed by atoms with E-state index in [-0.39, 0.29) is 18.1 Å². The summed E-state index contributed by atoms with van der Waals surface area (Å²) >= 11 is 0. The molecule has 8 heteroatoms. The molecule has 5 unspecified atom stereocenters. The highest BCUT2D eigenvalue weighted by Gasteiger charge is 2.57. The molecule has 0 bridgehead atoms. The summed E-state index contributed by atoms with van der Waals surface area (Å²) in [5.74, 6) is 4.28. The van der Waals surface area contributed by atoms with Gasteiger partial charge in [-0.3, -0.25) is 5.32 Å². The minimum Gasteiger partial charge on any atom is -0.507 e. The summed E-state index contributed by atoms with van der Waals surface area (Å²) in [6.07, 6.45) is 13.6. The highest BCUT2D eigenvalue weighted by atomic mass is 16.5. The molecule has 2 fully saturated rings. The van der Waals surface area contributed by atoms with Crippen LogP contribution in [0.25, 0.3) is 0 Å².